The number of hydrogen-bond donors (Lipinski definition) is 1. The molecule has 1 aliphatic rings. The van der Waals surface area contributed by atoms with Crippen LogP contribution >= 0.6 is 11.3 Å². The monoisotopic (exact) mass is 460 g/mol. The molecule has 3 aromatic rings. The maximum atomic E-state index is 12.9. The number of hydrogen-bond acceptors (Lipinski definition) is 2. The Labute approximate surface area is 157 Å². The summed E-state index contributed by atoms with van der Waals surface area (Å²) in [4.78, 5) is 4.31. The Morgan fingerprint density at radius 2 is 1.79 bits per heavy atom. The summed E-state index contributed by atoms with van der Waals surface area (Å²) in [5, 5.41) is 0.669. The summed E-state index contributed by atoms with van der Waals surface area (Å²) in [6, 6.07) is 11.2. The van der Waals surface area contributed by atoms with Gasteiger partial charge in [0, 0.05) is 12.0 Å². The molecule has 0 spiro atoms. The third kappa shape index (κ3) is 2.90. The first-order chi connectivity index (χ1) is 10.9. The predicted octanol–water partition coefficient (Wildman–Crippen LogP) is 1.41. The van der Waals surface area contributed by atoms with Crippen molar-refractivity contribution in [1.82, 2.24) is 0 Å². The van der Waals surface area contributed by atoms with Gasteiger partial charge in [0.15, 0.2) is 0 Å². The number of fused-ring (bicyclic) bond motifs is 3. The lowest BCUT2D eigenvalue weighted by Crippen LogP contribution is -3.00. The number of nitrogens with two attached hydrogens (primary N) is 1. The van der Waals surface area contributed by atoms with E-state index in [1.807, 2.05) is 18.2 Å². The van der Waals surface area contributed by atoms with Crippen LogP contribution in [0.3, 0.4) is 0 Å². The lowest BCUT2D eigenvalue weighted by molar-refractivity contribution is -0.340. The highest BCUT2D eigenvalue weighted by Crippen LogP contribution is 2.40. The van der Waals surface area contributed by atoms with Crippen LogP contribution < -0.4 is 34.7 Å². The molecule has 0 saturated heterocycles. The highest BCUT2D eigenvalue weighted by molar-refractivity contribution is 7.15. The largest absolute Gasteiger partial charge is 1.00 e. The SMILES string of the molecule is Nc1[nH+]c2c(s1)Cc1cc(-c3cccc(C(F)(F)F)c3)ccc1-2.[I-]. The molecule has 0 aliphatic heterocycles. The standard InChI is InChI=1S/C17H11F3N2S.HI/c18-17(19,20)12-3-1-2-9(7-12)10-4-5-13-11(6-10)8-14-15(13)22-16(21)23-14;/h1-7H,8H2,(H2,21,22);1H. The summed E-state index contributed by atoms with van der Waals surface area (Å²) in [5.74, 6) is 0. The average Bonchev–Trinajstić information content (AvgIpc) is 3.01. The Bertz CT molecular complexity index is 918. The Hall–Kier alpha value is -1.61. The quantitative estimate of drug-likeness (QED) is 0.429. The van der Waals surface area contributed by atoms with Crippen LogP contribution in [0.15, 0.2) is 42.5 Å². The van der Waals surface area contributed by atoms with Crippen LogP contribution in [0.2, 0.25) is 0 Å². The molecule has 7 heteroatoms. The van der Waals surface area contributed by atoms with E-state index in [4.69, 9.17) is 5.73 Å². The van der Waals surface area contributed by atoms with Gasteiger partial charge in [0.05, 0.1) is 10.4 Å². The van der Waals surface area contributed by atoms with Crippen molar-refractivity contribution in [2.75, 3.05) is 5.73 Å². The average molecular weight is 460 g/mol. The van der Waals surface area contributed by atoms with Crippen LogP contribution in [-0.2, 0) is 12.6 Å². The van der Waals surface area contributed by atoms with Crippen LogP contribution in [0.1, 0.15) is 16.0 Å². The molecule has 1 aromatic heterocycles. The molecule has 0 radical (unpaired) electrons. The van der Waals surface area contributed by atoms with Crippen molar-refractivity contribution in [3.8, 4) is 22.4 Å². The first kappa shape index (κ1) is 17.2. The number of H-pyrrole nitrogens is 1. The van der Waals surface area contributed by atoms with Crippen molar-refractivity contribution >= 4 is 16.5 Å². The molecule has 0 unspecified atom stereocenters. The first-order valence-electron chi connectivity index (χ1n) is 7.03. The molecule has 0 bridgehead atoms. The minimum absolute atomic E-state index is 0. The van der Waals surface area contributed by atoms with E-state index in [1.165, 1.54) is 28.3 Å². The fraction of sp³-hybridized carbons (Fsp3) is 0.118. The van der Waals surface area contributed by atoms with Crippen molar-refractivity contribution in [1.29, 1.82) is 0 Å². The minimum Gasteiger partial charge on any atom is -1.00 e. The van der Waals surface area contributed by atoms with Crippen molar-refractivity contribution in [3.05, 3.63) is 58.5 Å². The van der Waals surface area contributed by atoms with Gasteiger partial charge in [-0.15, -0.1) is 0 Å². The number of anilines is 1. The number of thiazole rings is 1. The van der Waals surface area contributed by atoms with Crippen molar-refractivity contribution in [2.24, 2.45) is 0 Å². The summed E-state index contributed by atoms with van der Waals surface area (Å²) in [6.07, 6.45) is -3.57. The summed E-state index contributed by atoms with van der Waals surface area (Å²) >= 11 is 1.51. The van der Waals surface area contributed by atoms with Crippen LogP contribution in [0.25, 0.3) is 22.4 Å². The highest BCUT2D eigenvalue weighted by Gasteiger charge is 2.31. The Kier molecular flexibility index (Phi) is 4.33. The number of nitrogen functional groups attached to an aromatic ring is 1. The molecular formula is C17H12F3IN2S. The zero-order chi connectivity index (χ0) is 16.2. The Morgan fingerprint density at radius 1 is 1.04 bits per heavy atom. The van der Waals surface area contributed by atoms with Gasteiger partial charge in [0.25, 0.3) is 0 Å². The second kappa shape index (κ2) is 6.03. The van der Waals surface area contributed by atoms with Gasteiger partial charge in [-0.05, 0) is 34.9 Å². The molecule has 1 aliphatic carbocycles. The lowest BCUT2D eigenvalue weighted by atomic mass is 9.98. The topological polar surface area (TPSA) is 40.2 Å². The molecule has 0 saturated carbocycles. The fourth-order valence-corrected chi connectivity index (χ4v) is 3.86. The lowest BCUT2D eigenvalue weighted by Gasteiger charge is -2.10. The number of alkyl halides is 3. The summed E-state index contributed by atoms with van der Waals surface area (Å²) in [7, 11) is 0. The molecule has 0 atom stereocenters. The van der Waals surface area contributed by atoms with Gasteiger partial charge in [-0.25, -0.2) is 4.98 Å². The molecule has 1 heterocycles. The van der Waals surface area contributed by atoms with E-state index in [9.17, 15) is 13.2 Å². The second-order valence-corrected chi connectivity index (χ2v) is 6.65. The molecule has 3 N–H and O–H groups in total. The van der Waals surface area contributed by atoms with E-state index in [0.29, 0.717) is 10.7 Å². The van der Waals surface area contributed by atoms with Crippen LogP contribution in [0.5, 0.6) is 0 Å². The van der Waals surface area contributed by atoms with E-state index in [0.717, 1.165) is 34.9 Å². The van der Waals surface area contributed by atoms with Crippen molar-refractivity contribution < 1.29 is 42.1 Å². The molecule has 124 valence electrons. The number of aromatic nitrogens is 1. The molecule has 24 heavy (non-hydrogen) atoms. The Morgan fingerprint density at radius 3 is 2.54 bits per heavy atom. The molecule has 0 amide bonds. The fourth-order valence-electron chi connectivity index (χ4n) is 2.96. The van der Waals surface area contributed by atoms with Gasteiger partial charge < -0.3 is 24.0 Å². The molecular weight excluding hydrogens is 448 g/mol. The zero-order valence-corrected chi connectivity index (χ0v) is 15.2. The van der Waals surface area contributed by atoms with Crippen LogP contribution in [-0.4, -0.2) is 0 Å². The highest BCUT2D eigenvalue weighted by atomic mass is 127. The molecule has 0 fully saturated rings. The summed E-state index contributed by atoms with van der Waals surface area (Å²) in [6.45, 7) is 0. The van der Waals surface area contributed by atoms with Gasteiger partial charge in [0.1, 0.15) is 5.69 Å². The molecule has 2 aromatic carbocycles. The van der Waals surface area contributed by atoms with E-state index < -0.39 is 11.7 Å². The smallest absolute Gasteiger partial charge is 0.416 e. The van der Waals surface area contributed by atoms with E-state index in [1.54, 1.807) is 6.07 Å². The summed E-state index contributed by atoms with van der Waals surface area (Å²) < 4.78 is 38.6. The van der Waals surface area contributed by atoms with Gasteiger partial charge >= 0.3 is 11.3 Å². The second-order valence-electron chi connectivity index (χ2n) is 5.52. The van der Waals surface area contributed by atoms with Gasteiger partial charge in [-0.2, -0.15) is 13.2 Å². The summed E-state index contributed by atoms with van der Waals surface area (Å²) in [5.41, 5.74) is 9.72. The van der Waals surface area contributed by atoms with Crippen molar-refractivity contribution in [2.45, 2.75) is 12.6 Å². The minimum atomic E-state index is -4.33. The van der Waals surface area contributed by atoms with E-state index in [-0.39, 0.29) is 24.0 Å². The van der Waals surface area contributed by atoms with Gasteiger partial charge in [0.2, 0.25) is 0 Å². The maximum absolute atomic E-state index is 12.9. The van der Waals surface area contributed by atoms with Gasteiger partial charge in [-0.1, -0.05) is 35.6 Å². The number of benzene rings is 2. The Balaban J connectivity index is 0.00000169. The number of aromatic amines is 1. The van der Waals surface area contributed by atoms with Gasteiger partial charge in [-0.3, -0.25) is 5.73 Å². The van der Waals surface area contributed by atoms with E-state index in [2.05, 4.69) is 4.98 Å². The maximum Gasteiger partial charge on any atom is 0.416 e. The van der Waals surface area contributed by atoms with Crippen LogP contribution in [0.4, 0.5) is 18.3 Å². The van der Waals surface area contributed by atoms with E-state index >= 15 is 0 Å². The normalized spacial score (nSPS) is 12.5. The van der Waals surface area contributed by atoms with Crippen LogP contribution in [0, 0.1) is 0 Å². The number of nitrogens with one attached hydrogen (secondary N) is 1. The third-order valence-electron chi connectivity index (χ3n) is 4.01. The predicted molar refractivity (Wildman–Crippen MR) is 84.0 cm³/mol. The zero-order valence-electron chi connectivity index (χ0n) is 12.2. The molecule has 4 rings (SSSR count). The number of halogens is 4. The third-order valence-corrected chi connectivity index (χ3v) is 4.93. The molecule has 2 nitrogen and oxygen atoms in total. The number of rotatable bonds is 1. The van der Waals surface area contributed by atoms with Crippen molar-refractivity contribution in [3.63, 3.8) is 0 Å². The first-order valence-corrected chi connectivity index (χ1v) is 7.85.